The molecule has 0 amide bonds. The van der Waals surface area contributed by atoms with Gasteiger partial charge in [0.25, 0.3) is 0 Å². The average Bonchev–Trinajstić information content (AvgIpc) is 2.17. The van der Waals surface area contributed by atoms with E-state index in [1.807, 2.05) is 0 Å². The summed E-state index contributed by atoms with van der Waals surface area (Å²) in [5.74, 6) is 0. The minimum Gasteiger partial charge on any atom is -0.383 e. The first-order chi connectivity index (χ1) is 6.81. The van der Waals surface area contributed by atoms with E-state index in [9.17, 15) is 0 Å². The lowest BCUT2D eigenvalue weighted by molar-refractivity contribution is 0.176. The molecule has 0 rings (SSSR count). The number of hydrogen-bond acceptors (Lipinski definition) is 2. The average molecular weight is 201 g/mol. The standard InChI is InChI=1S/C12H27NO/c1-3-4-5-6-7-8-9-10-12(13)11-14-2/h12H,3-11,13H2,1-2H3. The third-order valence-corrected chi connectivity index (χ3v) is 2.56. The zero-order valence-corrected chi connectivity index (χ0v) is 9.93. The van der Waals surface area contributed by atoms with Gasteiger partial charge in [-0.3, -0.25) is 0 Å². The molecular formula is C12H27NO. The van der Waals surface area contributed by atoms with Gasteiger partial charge in [-0.2, -0.15) is 0 Å². The third kappa shape index (κ3) is 10.0. The van der Waals surface area contributed by atoms with Crippen LogP contribution >= 0.6 is 0 Å². The van der Waals surface area contributed by atoms with Gasteiger partial charge in [-0.05, 0) is 6.42 Å². The molecule has 0 aromatic heterocycles. The molecule has 0 saturated carbocycles. The summed E-state index contributed by atoms with van der Waals surface area (Å²) in [6, 6.07) is 0.246. The summed E-state index contributed by atoms with van der Waals surface area (Å²) in [5, 5.41) is 0. The molecule has 0 saturated heterocycles. The lowest BCUT2D eigenvalue weighted by Crippen LogP contribution is -2.25. The van der Waals surface area contributed by atoms with Crippen LogP contribution in [0.15, 0.2) is 0 Å². The van der Waals surface area contributed by atoms with Crippen molar-refractivity contribution >= 4 is 0 Å². The third-order valence-electron chi connectivity index (χ3n) is 2.56. The summed E-state index contributed by atoms with van der Waals surface area (Å²) < 4.78 is 4.99. The molecule has 0 heterocycles. The molecule has 0 aliphatic rings. The second kappa shape index (κ2) is 11.0. The van der Waals surface area contributed by atoms with Gasteiger partial charge in [0, 0.05) is 13.2 Å². The molecule has 14 heavy (non-hydrogen) atoms. The van der Waals surface area contributed by atoms with Gasteiger partial charge in [-0.1, -0.05) is 51.9 Å². The van der Waals surface area contributed by atoms with E-state index in [1.54, 1.807) is 7.11 Å². The molecule has 0 fully saturated rings. The first-order valence-corrected chi connectivity index (χ1v) is 6.05. The number of ether oxygens (including phenoxy) is 1. The molecule has 0 aliphatic heterocycles. The predicted octanol–water partition coefficient (Wildman–Crippen LogP) is 3.10. The van der Waals surface area contributed by atoms with Crippen LogP contribution in [-0.4, -0.2) is 19.8 Å². The lowest BCUT2D eigenvalue weighted by Gasteiger charge is -2.09. The van der Waals surface area contributed by atoms with E-state index in [-0.39, 0.29) is 6.04 Å². The molecule has 0 aliphatic carbocycles. The maximum atomic E-state index is 5.82. The van der Waals surface area contributed by atoms with Crippen LogP contribution in [0, 0.1) is 0 Å². The van der Waals surface area contributed by atoms with Crippen LogP contribution in [-0.2, 0) is 4.74 Å². The molecule has 86 valence electrons. The summed E-state index contributed by atoms with van der Waals surface area (Å²) >= 11 is 0. The predicted molar refractivity (Wildman–Crippen MR) is 62.5 cm³/mol. The monoisotopic (exact) mass is 201 g/mol. The van der Waals surface area contributed by atoms with Crippen molar-refractivity contribution in [1.29, 1.82) is 0 Å². The first-order valence-electron chi connectivity index (χ1n) is 6.05. The van der Waals surface area contributed by atoms with Crippen LogP contribution in [0.2, 0.25) is 0 Å². The smallest absolute Gasteiger partial charge is 0.0613 e. The molecule has 1 unspecified atom stereocenters. The number of methoxy groups -OCH3 is 1. The summed E-state index contributed by atoms with van der Waals surface area (Å²) in [7, 11) is 1.71. The Bertz CT molecular complexity index is 106. The van der Waals surface area contributed by atoms with Crippen molar-refractivity contribution in [3.05, 3.63) is 0 Å². The molecule has 2 N–H and O–H groups in total. The normalized spacial score (nSPS) is 13.1. The molecular weight excluding hydrogens is 174 g/mol. The number of unbranched alkanes of at least 4 members (excludes halogenated alkanes) is 6. The summed E-state index contributed by atoms with van der Waals surface area (Å²) in [6.07, 6.45) is 10.6. The van der Waals surface area contributed by atoms with Gasteiger partial charge in [-0.25, -0.2) is 0 Å². The summed E-state index contributed by atoms with van der Waals surface area (Å²) in [5.41, 5.74) is 5.82. The maximum Gasteiger partial charge on any atom is 0.0613 e. The first kappa shape index (κ1) is 13.9. The van der Waals surface area contributed by atoms with Crippen molar-refractivity contribution in [2.45, 2.75) is 64.3 Å². The Labute approximate surface area is 89.2 Å². The second-order valence-electron chi connectivity index (χ2n) is 4.13. The Morgan fingerprint density at radius 1 is 1.00 bits per heavy atom. The fourth-order valence-electron chi connectivity index (χ4n) is 1.66. The van der Waals surface area contributed by atoms with Crippen LogP contribution < -0.4 is 5.73 Å². The fraction of sp³-hybridized carbons (Fsp3) is 1.00. The van der Waals surface area contributed by atoms with Crippen molar-refractivity contribution < 1.29 is 4.74 Å². The highest BCUT2D eigenvalue weighted by atomic mass is 16.5. The Balaban J connectivity index is 2.98. The SMILES string of the molecule is CCCCCCCCCC(N)COC. The number of rotatable bonds is 10. The maximum absolute atomic E-state index is 5.82. The summed E-state index contributed by atoms with van der Waals surface area (Å²) in [4.78, 5) is 0. The van der Waals surface area contributed by atoms with Crippen LogP contribution in [0.1, 0.15) is 58.3 Å². The number of hydrogen-bond donors (Lipinski definition) is 1. The zero-order chi connectivity index (χ0) is 10.6. The second-order valence-corrected chi connectivity index (χ2v) is 4.13. The van der Waals surface area contributed by atoms with E-state index in [2.05, 4.69) is 6.92 Å². The van der Waals surface area contributed by atoms with Crippen LogP contribution in [0.3, 0.4) is 0 Å². The van der Waals surface area contributed by atoms with Gasteiger partial charge < -0.3 is 10.5 Å². The molecule has 0 spiro atoms. The topological polar surface area (TPSA) is 35.2 Å². The highest BCUT2D eigenvalue weighted by Crippen LogP contribution is 2.09. The highest BCUT2D eigenvalue weighted by Gasteiger charge is 2.00. The van der Waals surface area contributed by atoms with Crippen molar-refractivity contribution in [3.8, 4) is 0 Å². The van der Waals surface area contributed by atoms with Gasteiger partial charge in [-0.15, -0.1) is 0 Å². The van der Waals surface area contributed by atoms with Crippen LogP contribution in [0.4, 0.5) is 0 Å². The number of nitrogens with two attached hydrogens (primary N) is 1. The van der Waals surface area contributed by atoms with Crippen molar-refractivity contribution in [2.24, 2.45) is 5.73 Å². The van der Waals surface area contributed by atoms with Crippen molar-refractivity contribution in [1.82, 2.24) is 0 Å². The van der Waals surface area contributed by atoms with Crippen molar-refractivity contribution in [2.75, 3.05) is 13.7 Å². The molecule has 0 radical (unpaired) electrons. The molecule has 2 heteroatoms. The minimum absolute atomic E-state index is 0.246. The quantitative estimate of drug-likeness (QED) is 0.551. The zero-order valence-electron chi connectivity index (χ0n) is 9.93. The van der Waals surface area contributed by atoms with E-state index >= 15 is 0 Å². The van der Waals surface area contributed by atoms with Gasteiger partial charge in [0.15, 0.2) is 0 Å². The Kier molecular flexibility index (Phi) is 10.9. The Morgan fingerprint density at radius 3 is 2.14 bits per heavy atom. The van der Waals surface area contributed by atoms with E-state index in [1.165, 1.54) is 44.9 Å². The van der Waals surface area contributed by atoms with E-state index in [4.69, 9.17) is 10.5 Å². The summed E-state index contributed by atoms with van der Waals surface area (Å²) in [6.45, 7) is 2.96. The van der Waals surface area contributed by atoms with Gasteiger partial charge in [0.2, 0.25) is 0 Å². The lowest BCUT2D eigenvalue weighted by atomic mass is 10.1. The fourth-order valence-corrected chi connectivity index (χ4v) is 1.66. The molecule has 2 nitrogen and oxygen atoms in total. The molecule has 0 bridgehead atoms. The molecule has 0 aromatic rings. The van der Waals surface area contributed by atoms with Gasteiger partial charge in [0.05, 0.1) is 6.61 Å². The minimum atomic E-state index is 0.246. The van der Waals surface area contributed by atoms with E-state index < -0.39 is 0 Å². The van der Waals surface area contributed by atoms with E-state index in [0.717, 1.165) is 6.42 Å². The van der Waals surface area contributed by atoms with Crippen LogP contribution in [0.25, 0.3) is 0 Å². The van der Waals surface area contributed by atoms with E-state index in [0.29, 0.717) is 6.61 Å². The highest BCUT2D eigenvalue weighted by molar-refractivity contribution is 4.59. The Hall–Kier alpha value is -0.0800. The van der Waals surface area contributed by atoms with Gasteiger partial charge >= 0.3 is 0 Å². The largest absolute Gasteiger partial charge is 0.383 e. The Morgan fingerprint density at radius 2 is 1.57 bits per heavy atom. The van der Waals surface area contributed by atoms with Gasteiger partial charge in [0.1, 0.15) is 0 Å². The van der Waals surface area contributed by atoms with Crippen molar-refractivity contribution in [3.63, 3.8) is 0 Å². The molecule has 1 atom stereocenters. The molecule has 0 aromatic carbocycles. The van der Waals surface area contributed by atoms with Crippen LogP contribution in [0.5, 0.6) is 0 Å².